The molecule has 0 bridgehead atoms. The Labute approximate surface area is 135 Å². The summed E-state index contributed by atoms with van der Waals surface area (Å²) in [5, 5.41) is 13.2. The largest absolute Gasteiger partial charge is 0.504 e. The monoisotopic (exact) mass is 314 g/mol. The van der Waals surface area contributed by atoms with E-state index in [9.17, 15) is 14.7 Å². The van der Waals surface area contributed by atoms with Crippen molar-refractivity contribution in [2.45, 2.75) is 39.5 Å². The first-order valence-electron chi connectivity index (χ1n) is 7.80. The number of H-pyrrole nitrogens is 1. The van der Waals surface area contributed by atoms with Crippen molar-refractivity contribution in [2.24, 2.45) is 0 Å². The standard InChI is InChI=1S/C18H22N2O3/c1-4-8-13-16(21)15(14(11(2)3)18(23)19-13)20-17(22)12-9-6-5-7-10-12/h5-7,9-11,21H,4,8H2,1-3H3,(H2,19,20,22,23). The summed E-state index contributed by atoms with van der Waals surface area (Å²) in [6.07, 6.45) is 1.31. The molecule has 0 fully saturated rings. The highest BCUT2D eigenvalue weighted by atomic mass is 16.3. The SMILES string of the molecule is CCCc1[nH]c(=O)c(C(C)C)c(NC(=O)c2ccccc2)c1O. The Bertz CT molecular complexity index is 749. The second kappa shape index (κ2) is 7.13. The van der Waals surface area contributed by atoms with Gasteiger partial charge >= 0.3 is 0 Å². The molecular formula is C18H22N2O3. The van der Waals surface area contributed by atoms with E-state index in [2.05, 4.69) is 10.3 Å². The van der Waals surface area contributed by atoms with Crippen LogP contribution in [0.25, 0.3) is 0 Å². The Morgan fingerprint density at radius 2 is 1.91 bits per heavy atom. The van der Waals surface area contributed by atoms with Crippen LogP contribution in [0, 0.1) is 0 Å². The predicted molar refractivity (Wildman–Crippen MR) is 91.2 cm³/mol. The number of carbonyl (C=O) groups is 1. The number of rotatable bonds is 5. The minimum Gasteiger partial charge on any atom is -0.504 e. The number of aromatic nitrogens is 1. The summed E-state index contributed by atoms with van der Waals surface area (Å²) in [5.74, 6) is -0.540. The van der Waals surface area contributed by atoms with E-state index >= 15 is 0 Å². The molecule has 2 rings (SSSR count). The third-order valence-corrected chi connectivity index (χ3v) is 3.65. The fraction of sp³-hybridized carbons (Fsp3) is 0.333. The van der Waals surface area contributed by atoms with Gasteiger partial charge in [-0.05, 0) is 24.5 Å². The molecule has 0 saturated carbocycles. The number of carbonyl (C=O) groups excluding carboxylic acids is 1. The molecule has 2 aromatic rings. The van der Waals surface area contributed by atoms with Crippen LogP contribution in [0.5, 0.6) is 5.75 Å². The van der Waals surface area contributed by atoms with Crippen molar-refractivity contribution in [3.8, 4) is 5.75 Å². The molecule has 0 aliphatic rings. The highest BCUT2D eigenvalue weighted by molar-refractivity contribution is 6.05. The van der Waals surface area contributed by atoms with Gasteiger partial charge < -0.3 is 15.4 Å². The number of amides is 1. The lowest BCUT2D eigenvalue weighted by atomic mass is 10.0. The summed E-state index contributed by atoms with van der Waals surface area (Å²) in [6, 6.07) is 8.71. The number of nitrogens with one attached hydrogen (secondary N) is 2. The fourth-order valence-electron chi connectivity index (χ4n) is 2.54. The maximum Gasteiger partial charge on any atom is 0.255 e. The first kappa shape index (κ1) is 16.8. The van der Waals surface area contributed by atoms with E-state index in [1.165, 1.54) is 0 Å². The van der Waals surface area contributed by atoms with Crippen molar-refractivity contribution in [2.75, 3.05) is 5.32 Å². The highest BCUT2D eigenvalue weighted by Crippen LogP contribution is 2.32. The van der Waals surface area contributed by atoms with Gasteiger partial charge in [-0.1, -0.05) is 45.4 Å². The van der Waals surface area contributed by atoms with Gasteiger partial charge in [0.15, 0.2) is 5.75 Å². The second-order valence-electron chi connectivity index (χ2n) is 5.79. The Balaban J connectivity index is 2.50. The smallest absolute Gasteiger partial charge is 0.255 e. The molecule has 0 aliphatic carbocycles. The van der Waals surface area contributed by atoms with Crippen LogP contribution in [0.15, 0.2) is 35.1 Å². The maximum absolute atomic E-state index is 12.4. The Kier molecular flexibility index (Phi) is 5.21. The van der Waals surface area contributed by atoms with Crippen LogP contribution >= 0.6 is 0 Å². The Morgan fingerprint density at radius 3 is 2.48 bits per heavy atom. The van der Waals surface area contributed by atoms with Gasteiger partial charge in [0.05, 0.1) is 11.4 Å². The number of hydrogen-bond donors (Lipinski definition) is 3. The predicted octanol–water partition coefficient (Wildman–Crippen LogP) is 3.41. The molecule has 1 heterocycles. The number of aryl methyl sites for hydroxylation is 1. The highest BCUT2D eigenvalue weighted by Gasteiger charge is 2.21. The van der Waals surface area contributed by atoms with E-state index in [1.54, 1.807) is 24.3 Å². The number of anilines is 1. The summed E-state index contributed by atoms with van der Waals surface area (Å²) in [5.41, 5.74) is 1.24. The molecule has 0 aliphatic heterocycles. The molecule has 0 radical (unpaired) electrons. The van der Waals surface area contributed by atoms with Crippen molar-refractivity contribution in [3.05, 3.63) is 57.5 Å². The van der Waals surface area contributed by atoms with E-state index in [-0.39, 0.29) is 28.8 Å². The molecule has 0 saturated heterocycles. The van der Waals surface area contributed by atoms with Crippen LogP contribution in [0.4, 0.5) is 5.69 Å². The molecule has 1 aromatic heterocycles. The third-order valence-electron chi connectivity index (χ3n) is 3.65. The third kappa shape index (κ3) is 3.62. The molecule has 0 atom stereocenters. The molecule has 1 aromatic carbocycles. The molecule has 3 N–H and O–H groups in total. The summed E-state index contributed by atoms with van der Waals surface area (Å²) < 4.78 is 0. The van der Waals surface area contributed by atoms with E-state index in [1.807, 2.05) is 26.8 Å². The first-order chi connectivity index (χ1) is 11.0. The van der Waals surface area contributed by atoms with E-state index < -0.39 is 0 Å². The molecule has 0 spiro atoms. The summed E-state index contributed by atoms with van der Waals surface area (Å²) >= 11 is 0. The van der Waals surface area contributed by atoms with Gasteiger partial charge in [-0.15, -0.1) is 0 Å². The lowest BCUT2D eigenvalue weighted by molar-refractivity contribution is 0.102. The van der Waals surface area contributed by atoms with Crippen LogP contribution in [0.1, 0.15) is 54.7 Å². The minimum absolute atomic E-state index is 0.0561. The molecule has 23 heavy (non-hydrogen) atoms. The van der Waals surface area contributed by atoms with Gasteiger partial charge in [0.25, 0.3) is 11.5 Å². The van der Waals surface area contributed by atoms with Crippen LogP contribution in [0.2, 0.25) is 0 Å². The van der Waals surface area contributed by atoms with Gasteiger partial charge in [0.2, 0.25) is 0 Å². The van der Waals surface area contributed by atoms with Crippen LogP contribution in [0.3, 0.4) is 0 Å². The normalized spacial score (nSPS) is 10.8. The minimum atomic E-state index is -0.351. The van der Waals surface area contributed by atoms with Gasteiger partial charge in [-0.25, -0.2) is 0 Å². The zero-order chi connectivity index (χ0) is 17.0. The quantitative estimate of drug-likeness (QED) is 0.791. The van der Waals surface area contributed by atoms with Crippen molar-refractivity contribution in [1.82, 2.24) is 4.98 Å². The van der Waals surface area contributed by atoms with Gasteiger partial charge in [0.1, 0.15) is 0 Å². The van der Waals surface area contributed by atoms with Crippen molar-refractivity contribution in [3.63, 3.8) is 0 Å². The second-order valence-corrected chi connectivity index (χ2v) is 5.79. The number of aromatic amines is 1. The Hall–Kier alpha value is -2.56. The molecule has 5 nitrogen and oxygen atoms in total. The molecule has 5 heteroatoms. The molecule has 1 amide bonds. The number of pyridine rings is 1. The number of aromatic hydroxyl groups is 1. The van der Waals surface area contributed by atoms with E-state index in [4.69, 9.17) is 0 Å². The summed E-state index contributed by atoms with van der Waals surface area (Å²) in [6.45, 7) is 5.65. The summed E-state index contributed by atoms with van der Waals surface area (Å²) in [7, 11) is 0. The fourth-order valence-corrected chi connectivity index (χ4v) is 2.54. The van der Waals surface area contributed by atoms with Crippen LogP contribution in [-0.4, -0.2) is 16.0 Å². The summed E-state index contributed by atoms with van der Waals surface area (Å²) in [4.78, 5) is 27.4. The average Bonchev–Trinajstić information content (AvgIpc) is 2.52. The first-order valence-corrected chi connectivity index (χ1v) is 7.80. The Morgan fingerprint density at radius 1 is 1.26 bits per heavy atom. The maximum atomic E-state index is 12.4. The lowest BCUT2D eigenvalue weighted by Gasteiger charge is -2.17. The number of hydrogen-bond acceptors (Lipinski definition) is 3. The van der Waals surface area contributed by atoms with Gasteiger partial charge in [-0.2, -0.15) is 0 Å². The zero-order valence-electron chi connectivity index (χ0n) is 13.6. The topological polar surface area (TPSA) is 82.2 Å². The zero-order valence-corrected chi connectivity index (χ0v) is 13.6. The number of benzene rings is 1. The van der Waals surface area contributed by atoms with Crippen LogP contribution < -0.4 is 10.9 Å². The van der Waals surface area contributed by atoms with Crippen LogP contribution in [-0.2, 0) is 6.42 Å². The average molecular weight is 314 g/mol. The van der Waals surface area contributed by atoms with Gasteiger partial charge in [0, 0.05) is 11.1 Å². The molecule has 122 valence electrons. The molecular weight excluding hydrogens is 292 g/mol. The van der Waals surface area contributed by atoms with E-state index in [0.717, 1.165) is 6.42 Å². The van der Waals surface area contributed by atoms with Crippen molar-refractivity contribution in [1.29, 1.82) is 0 Å². The lowest BCUT2D eigenvalue weighted by Crippen LogP contribution is -2.22. The van der Waals surface area contributed by atoms with Gasteiger partial charge in [-0.3, -0.25) is 9.59 Å². The van der Waals surface area contributed by atoms with Crippen molar-refractivity contribution >= 4 is 11.6 Å². The molecule has 0 unspecified atom stereocenters. The van der Waals surface area contributed by atoms with Crippen molar-refractivity contribution < 1.29 is 9.90 Å². The van der Waals surface area contributed by atoms with E-state index in [0.29, 0.717) is 23.2 Å².